The van der Waals surface area contributed by atoms with Gasteiger partial charge in [-0.2, -0.15) is 0 Å². The van der Waals surface area contributed by atoms with Crippen molar-refractivity contribution in [3.8, 4) is 0 Å². The SMILES string of the molecule is CNS(=O)(=O)Cc1ccc(CNC(=O)c2ccc(N3CCCC(C)C3)c([N+](=O)[O-])c2)cc1. The van der Waals surface area contributed by atoms with Crippen LogP contribution in [0.2, 0.25) is 0 Å². The second-order valence-corrected chi connectivity index (χ2v) is 10.0. The molecular formula is C22H28N4O5S. The molecule has 1 aliphatic rings. The van der Waals surface area contributed by atoms with Crippen LogP contribution in [0.5, 0.6) is 0 Å². The summed E-state index contributed by atoms with van der Waals surface area (Å²) in [6.07, 6.45) is 2.09. The van der Waals surface area contributed by atoms with E-state index in [0.29, 0.717) is 17.2 Å². The molecule has 0 aliphatic carbocycles. The number of nitrogens with one attached hydrogen (secondary N) is 2. The molecule has 172 valence electrons. The topological polar surface area (TPSA) is 122 Å². The molecule has 1 fully saturated rings. The largest absolute Gasteiger partial charge is 0.366 e. The Kier molecular flexibility index (Phi) is 7.47. The van der Waals surface area contributed by atoms with Crippen LogP contribution in [0, 0.1) is 16.0 Å². The summed E-state index contributed by atoms with van der Waals surface area (Å²) in [6.45, 7) is 3.88. The van der Waals surface area contributed by atoms with E-state index in [1.165, 1.54) is 13.1 Å². The first-order chi connectivity index (χ1) is 15.2. The van der Waals surface area contributed by atoms with Crippen molar-refractivity contribution in [3.63, 3.8) is 0 Å². The highest BCUT2D eigenvalue weighted by atomic mass is 32.2. The lowest BCUT2D eigenvalue weighted by Crippen LogP contribution is -2.34. The molecule has 32 heavy (non-hydrogen) atoms. The fraction of sp³-hybridized carbons (Fsp3) is 0.409. The summed E-state index contributed by atoms with van der Waals surface area (Å²) in [5.74, 6) is -0.0633. The highest BCUT2D eigenvalue weighted by Gasteiger charge is 2.25. The maximum atomic E-state index is 12.6. The Morgan fingerprint density at radius 3 is 2.50 bits per heavy atom. The maximum Gasteiger partial charge on any atom is 0.293 e. The molecule has 2 N–H and O–H groups in total. The van der Waals surface area contributed by atoms with Gasteiger partial charge in [-0.25, -0.2) is 13.1 Å². The predicted molar refractivity (Wildman–Crippen MR) is 123 cm³/mol. The predicted octanol–water partition coefficient (Wildman–Crippen LogP) is 2.81. The van der Waals surface area contributed by atoms with Crippen LogP contribution in [0.4, 0.5) is 11.4 Å². The van der Waals surface area contributed by atoms with Crippen molar-refractivity contribution >= 4 is 27.3 Å². The molecule has 0 spiro atoms. The molecule has 1 aliphatic heterocycles. The van der Waals surface area contributed by atoms with Gasteiger partial charge in [0.15, 0.2) is 0 Å². The Labute approximate surface area is 188 Å². The Bertz CT molecular complexity index is 1090. The molecule has 3 rings (SSSR count). The number of sulfonamides is 1. The van der Waals surface area contributed by atoms with E-state index in [2.05, 4.69) is 17.0 Å². The lowest BCUT2D eigenvalue weighted by atomic mass is 9.99. The van der Waals surface area contributed by atoms with E-state index in [9.17, 15) is 23.3 Å². The van der Waals surface area contributed by atoms with Gasteiger partial charge in [0, 0.05) is 31.3 Å². The Morgan fingerprint density at radius 2 is 1.88 bits per heavy atom. The average Bonchev–Trinajstić information content (AvgIpc) is 2.77. The molecule has 0 bridgehead atoms. The molecule has 2 aromatic carbocycles. The fourth-order valence-corrected chi connectivity index (χ4v) is 4.59. The number of benzene rings is 2. The summed E-state index contributed by atoms with van der Waals surface area (Å²) >= 11 is 0. The van der Waals surface area contributed by atoms with Gasteiger partial charge >= 0.3 is 0 Å². The van der Waals surface area contributed by atoms with Gasteiger partial charge in [0.2, 0.25) is 10.0 Å². The second-order valence-electron chi connectivity index (χ2n) is 8.12. The van der Waals surface area contributed by atoms with Gasteiger partial charge in [-0.15, -0.1) is 0 Å². The highest BCUT2D eigenvalue weighted by molar-refractivity contribution is 7.88. The molecule has 9 nitrogen and oxygen atoms in total. The average molecular weight is 461 g/mol. The lowest BCUT2D eigenvalue weighted by Gasteiger charge is -2.32. The van der Waals surface area contributed by atoms with Crippen LogP contribution in [0.25, 0.3) is 0 Å². The number of anilines is 1. The summed E-state index contributed by atoms with van der Waals surface area (Å²) < 4.78 is 25.5. The number of nitrogens with zero attached hydrogens (tertiary/aromatic N) is 2. The van der Waals surface area contributed by atoms with E-state index in [1.807, 2.05) is 4.90 Å². The first-order valence-corrected chi connectivity index (χ1v) is 12.1. The van der Waals surface area contributed by atoms with Gasteiger partial charge in [-0.1, -0.05) is 31.2 Å². The van der Waals surface area contributed by atoms with Crippen molar-refractivity contribution in [2.24, 2.45) is 5.92 Å². The number of hydrogen-bond donors (Lipinski definition) is 2. The quantitative estimate of drug-likeness (QED) is 0.461. The first-order valence-electron chi connectivity index (χ1n) is 10.5. The van der Waals surface area contributed by atoms with Crippen LogP contribution in [-0.2, 0) is 22.3 Å². The molecule has 1 amide bonds. The summed E-state index contributed by atoms with van der Waals surface area (Å²) in [4.78, 5) is 25.8. The summed E-state index contributed by atoms with van der Waals surface area (Å²) in [6, 6.07) is 11.5. The zero-order valence-corrected chi connectivity index (χ0v) is 19.0. The zero-order chi connectivity index (χ0) is 23.3. The minimum absolute atomic E-state index is 0.0677. The minimum Gasteiger partial charge on any atom is -0.366 e. The van der Waals surface area contributed by atoms with E-state index in [4.69, 9.17) is 0 Å². The molecule has 0 aromatic heterocycles. The van der Waals surface area contributed by atoms with Gasteiger partial charge in [0.05, 0.1) is 10.7 Å². The monoisotopic (exact) mass is 460 g/mol. The van der Waals surface area contributed by atoms with Crippen LogP contribution < -0.4 is 14.9 Å². The lowest BCUT2D eigenvalue weighted by molar-refractivity contribution is -0.384. The second kappa shape index (κ2) is 10.1. The van der Waals surface area contributed by atoms with Crippen molar-refractivity contribution in [2.75, 3.05) is 25.0 Å². The number of piperidine rings is 1. The highest BCUT2D eigenvalue weighted by Crippen LogP contribution is 2.32. The molecule has 0 radical (unpaired) electrons. The smallest absolute Gasteiger partial charge is 0.293 e. The number of nitro groups is 1. The van der Waals surface area contributed by atoms with Crippen molar-refractivity contribution in [2.45, 2.75) is 32.1 Å². The van der Waals surface area contributed by atoms with E-state index in [1.54, 1.807) is 36.4 Å². The van der Waals surface area contributed by atoms with Gasteiger partial charge < -0.3 is 10.2 Å². The van der Waals surface area contributed by atoms with E-state index in [-0.39, 0.29) is 23.5 Å². The van der Waals surface area contributed by atoms with Crippen LogP contribution in [0.3, 0.4) is 0 Å². The Hall–Kier alpha value is -2.98. The first kappa shape index (κ1) is 23.7. The van der Waals surface area contributed by atoms with Crippen molar-refractivity contribution < 1.29 is 18.1 Å². The number of amides is 1. The van der Waals surface area contributed by atoms with Gasteiger partial charge in [0.1, 0.15) is 5.69 Å². The van der Waals surface area contributed by atoms with Crippen LogP contribution >= 0.6 is 0 Å². The number of hydrogen-bond acceptors (Lipinski definition) is 6. The minimum atomic E-state index is -3.35. The molecule has 1 atom stereocenters. The number of rotatable bonds is 8. The van der Waals surface area contributed by atoms with Gasteiger partial charge in [-0.05, 0) is 49.1 Å². The standard InChI is InChI=1S/C22H28N4O5S/c1-16-4-3-11-25(14-16)20-10-9-19(12-21(20)26(28)29)22(27)24-13-17-5-7-18(8-6-17)15-32(30,31)23-2/h5-10,12,16,23H,3-4,11,13-15H2,1-2H3,(H,24,27). The normalized spacial score (nSPS) is 16.6. The Balaban J connectivity index is 1.67. The molecule has 0 saturated carbocycles. The molecule has 1 heterocycles. The molecule has 10 heteroatoms. The molecule has 2 aromatic rings. The summed E-state index contributed by atoms with van der Waals surface area (Å²) in [5.41, 5.74) is 2.12. The number of nitro benzene ring substituents is 1. The number of carbonyl (C=O) groups is 1. The van der Waals surface area contributed by atoms with Crippen LogP contribution in [0.15, 0.2) is 42.5 Å². The summed E-state index contributed by atoms with van der Waals surface area (Å²) in [7, 11) is -1.99. The van der Waals surface area contributed by atoms with Gasteiger partial charge in [-0.3, -0.25) is 14.9 Å². The van der Waals surface area contributed by atoms with E-state index >= 15 is 0 Å². The zero-order valence-electron chi connectivity index (χ0n) is 18.2. The van der Waals surface area contributed by atoms with Crippen LogP contribution in [-0.4, -0.2) is 39.4 Å². The van der Waals surface area contributed by atoms with Crippen molar-refractivity contribution in [1.82, 2.24) is 10.0 Å². The van der Waals surface area contributed by atoms with Crippen molar-refractivity contribution in [3.05, 3.63) is 69.3 Å². The molecule has 1 unspecified atom stereocenters. The third-order valence-corrected chi connectivity index (χ3v) is 6.91. The molecular weight excluding hydrogens is 432 g/mol. The van der Waals surface area contributed by atoms with Crippen LogP contribution in [0.1, 0.15) is 41.3 Å². The third-order valence-electron chi connectivity index (χ3n) is 5.58. The van der Waals surface area contributed by atoms with Crippen molar-refractivity contribution in [1.29, 1.82) is 0 Å². The third kappa shape index (κ3) is 6.04. The Morgan fingerprint density at radius 1 is 1.19 bits per heavy atom. The van der Waals surface area contributed by atoms with Gasteiger partial charge in [0.25, 0.3) is 11.6 Å². The van der Waals surface area contributed by atoms with E-state index in [0.717, 1.165) is 31.5 Å². The van der Waals surface area contributed by atoms with E-state index < -0.39 is 20.9 Å². The fourth-order valence-electron chi connectivity index (χ4n) is 3.82. The number of carbonyl (C=O) groups excluding carboxylic acids is 1. The maximum absolute atomic E-state index is 12.6. The summed E-state index contributed by atoms with van der Waals surface area (Å²) in [5, 5.41) is 14.4. The molecule has 1 saturated heterocycles.